The standard InChI is InChI=1S/C25H32N4O3/c1-27-9-11-29(12-10-27)23-3-2-4-24-22(23)17-20(18-32-24)26-25(30)19-5-7-21(8-6-19)28-13-15-31-16-14-28/h2-8,20H,9-18H2,1H3,(H,26,30). The fourth-order valence-corrected chi connectivity index (χ4v) is 4.74. The van der Waals surface area contributed by atoms with Gasteiger partial charge in [-0.15, -0.1) is 0 Å². The number of morpholine rings is 1. The van der Waals surface area contributed by atoms with Gasteiger partial charge in [0.05, 0.1) is 19.3 Å². The molecule has 0 saturated carbocycles. The van der Waals surface area contributed by atoms with Crippen LogP contribution >= 0.6 is 0 Å². The number of amides is 1. The molecule has 5 rings (SSSR count). The zero-order valence-electron chi connectivity index (χ0n) is 18.8. The van der Waals surface area contributed by atoms with E-state index in [-0.39, 0.29) is 11.9 Å². The number of likely N-dealkylation sites (N-methyl/N-ethyl adjacent to an activating group) is 1. The predicted octanol–water partition coefficient (Wildman–Crippen LogP) is 2.01. The third-order valence-corrected chi connectivity index (χ3v) is 6.68. The van der Waals surface area contributed by atoms with Gasteiger partial charge in [0.25, 0.3) is 5.91 Å². The Morgan fingerprint density at radius 3 is 2.44 bits per heavy atom. The third-order valence-electron chi connectivity index (χ3n) is 6.68. The Labute approximate surface area is 189 Å². The van der Waals surface area contributed by atoms with Gasteiger partial charge < -0.3 is 29.5 Å². The highest BCUT2D eigenvalue weighted by Crippen LogP contribution is 2.34. The van der Waals surface area contributed by atoms with Crippen molar-refractivity contribution in [2.45, 2.75) is 12.5 Å². The molecule has 1 N–H and O–H groups in total. The molecule has 0 radical (unpaired) electrons. The second-order valence-electron chi connectivity index (χ2n) is 8.88. The maximum atomic E-state index is 12.9. The number of rotatable bonds is 4. The highest BCUT2D eigenvalue weighted by Gasteiger charge is 2.27. The second-order valence-corrected chi connectivity index (χ2v) is 8.88. The van der Waals surface area contributed by atoms with Crippen LogP contribution in [0.15, 0.2) is 42.5 Å². The minimum atomic E-state index is -0.0485. The summed E-state index contributed by atoms with van der Waals surface area (Å²) in [5.41, 5.74) is 4.26. The van der Waals surface area contributed by atoms with Gasteiger partial charge in [0, 0.05) is 68.2 Å². The monoisotopic (exact) mass is 436 g/mol. The Hall–Kier alpha value is -2.77. The molecule has 0 bridgehead atoms. The second kappa shape index (κ2) is 9.38. The van der Waals surface area contributed by atoms with Crippen LogP contribution in [0.5, 0.6) is 5.75 Å². The summed E-state index contributed by atoms with van der Waals surface area (Å²) in [4.78, 5) is 20.0. The Morgan fingerprint density at radius 1 is 0.938 bits per heavy atom. The summed E-state index contributed by atoms with van der Waals surface area (Å²) >= 11 is 0. The summed E-state index contributed by atoms with van der Waals surface area (Å²) in [7, 11) is 2.17. The largest absolute Gasteiger partial charge is 0.491 e. The summed E-state index contributed by atoms with van der Waals surface area (Å²) in [6.45, 7) is 7.93. The molecule has 0 aliphatic carbocycles. The number of fused-ring (bicyclic) bond motifs is 1. The molecular formula is C25H32N4O3. The third kappa shape index (κ3) is 4.54. The van der Waals surface area contributed by atoms with Gasteiger partial charge in [0.1, 0.15) is 12.4 Å². The molecule has 1 unspecified atom stereocenters. The lowest BCUT2D eigenvalue weighted by Gasteiger charge is -2.37. The minimum Gasteiger partial charge on any atom is -0.491 e. The van der Waals surface area contributed by atoms with E-state index in [4.69, 9.17) is 9.47 Å². The van der Waals surface area contributed by atoms with Crippen LogP contribution in [0.4, 0.5) is 11.4 Å². The van der Waals surface area contributed by atoms with E-state index in [1.807, 2.05) is 30.3 Å². The van der Waals surface area contributed by atoms with Gasteiger partial charge in [-0.25, -0.2) is 0 Å². The first kappa shape index (κ1) is 21.1. The van der Waals surface area contributed by atoms with Crippen LogP contribution < -0.4 is 19.9 Å². The van der Waals surface area contributed by atoms with Crippen LogP contribution in [-0.4, -0.2) is 83.0 Å². The molecule has 7 nitrogen and oxygen atoms in total. The van der Waals surface area contributed by atoms with E-state index in [1.165, 1.54) is 11.3 Å². The zero-order chi connectivity index (χ0) is 21.9. The SMILES string of the molecule is CN1CCN(c2cccc3c2CC(NC(=O)c2ccc(N4CCOCC4)cc2)CO3)CC1. The van der Waals surface area contributed by atoms with E-state index in [0.717, 1.165) is 70.3 Å². The molecule has 2 aromatic carbocycles. The van der Waals surface area contributed by atoms with Gasteiger partial charge >= 0.3 is 0 Å². The van der Waals surface area contributed by atoms with Crippen molar-refractivity contribution in [1.82, 2.24) is 10.2 Å². The summed E-state index contributed by atoms with van der Waals surface area (Å²) in [5, 5.41) is 3.19. The van der Waals surface area contributed by atoms with Crippen molar-refractivity contribution in [2.75, 3.05) is 75.9 Å². The number of hydrogen-bond donors (Lipinski definition) is 1. The number of piperazine rings is 1. The number of benzene rings is 2. The molecule has 1 amide bonds. The van der Waals surface area contributed by atoms with Gasteiger partial charge in [-0.3, -0.25) is 4.79 Å². The molecule has 32 heavy (non-hydrogen) atoms. The van der Waals surface area contributed by atoms with E-state index in [2.05, 4.69) is 39.2 Å². The molecule has 2 fully saturated rings. The Kier molecular flexibility index (Phi) is 6.19. The topological polar surface area (TPSA) is 57.3 Å². The molecule has 170 valence electrons. The molecule has 3 heterocycles. The summed E-state index contributed by atoms with van der Waals surface area (Å²) in [6, 6.07) is 14.1. The average molecular weight is 437 g/mol. The lowest BCUT2D eigenvalue weighted by Crippen LogP contribution is -2.46. The molecule has 2 saturated heterocycles. The average Bonchev–Trinajstić information content (AvgIpc) is 2.85. The molecule has 7 heteroatoms. The van der Waals surface area contributed by atoms with E-state index < -0.39 is 0 Å². The number of carbonyl (C=O) groups excluding carboxylic acids is 1. The number of nitrogens with zero attached hydrogens (tertiary/aromatic N) is 3. The van der Waals surface area contributed by atoms with Gasteiger partial charge in [0.2, 0.25) is 0 Å². The lowest BCUT2D eigenvalue weighted by molar-refractivity contribution is 0.0915. The minimum absolute atomic E-state index is 0.0393. The number of nitrogens with one attached hydrogen (secondary N) is 1. The van der Waals surface area contributed by atoms with Crippen LogP contribution in [0.25, 0.3) is 0 Å². The van der Waals surface area contributed by atoms with Crippen LogP contribution in [0.3, 0.4) is 0 Å². The zero-order valence-corrected chi connectivity index (χ0v) is 18.8. The summed E-state index contributed by atoms with van der Waals surface area (Å²) in [5.74, 6) is 0.898. The number of carbonyl (C=O) groups is 1. The Balaban J connectivity index is 1.24. The van der Waals surface area contributed by atoms with Crippen molar-refractivity contribution in [1.29, 1.82) is 0 Å². The molecule has 1 atom stereocenters. The summed E-state index contributed by atoms with van der Waals surface area (Å²) < 4.78 is 11.5. The van der Waals surface area contributed by atoms with E-state index in [9.17, 15) is 4.79 Å². The molecule has 0 spiro atoms. The van der Waals surface area contributed by atoms with E-state index >= 15 is 0 Å². The molecule has 3 aliphatic heterocycles. The van der Waals surface area contributed by atoms with Crippen molar-refractivity contribution in [3.05, 3.63) is 53.6 Å². The van der Waals surface area contributed by atoms with Crippen molar-refractivity contribution in [3.63, 3.8) is 0 Å². The first-order valence-electron chi connectivity index (χ1n) is 11.6. The smallest absolute Gasteiger partial charge is 0.251 e. The van der Waals surface area contributed by atoms with Crippen molar-refractivity contribution in [2.24, 2.45) is 0 Å². The molecular weight excluding hydrogens is 404 g/mol. The highest BCUT2D eigenvalue weighted by molar-refractivity contribution is 5.94. The fraction of sp³-hybridized carbons (Fsp3) is 0.480. The maximum Gasteiger partial charge on any atom is 0.251 e. The molecule has 2 aromatic rings. The molecule has 3 aliphatic rings. The van der Waals surface area contributed by atoms with Gasteiger partial charge in [-0.1, -0.05) is 6.07 Å². The first-order valence-corrected chi connectivity index (χ1v) is 11.6. The van der Waals surface area contributed by atoms with Crippen LogP contribution in [0, 0.1) is 0 Å². The number of ether oxygens (including phenoxy) is 2. The Bertz CT molecular complexity index is 935. The molecule has 0 aromatic heterocycles. The normalized spacial score (nSPS) is 21.6. The van der Waals surface area contributed by atoms with E-state index in [1.54, 1.807) is 0 Å². The van der Waals surface area contributed by atoms with Crippen molar-refractivity contribution in [3.8, 4) is 5.75 Å². The lowest BCUT2D eigenvalue weighted by atomic mass is 9.99. The van der Waals surface area contributed by atoms with Gasteiger partial charge in [0.15, 0.2) is 0 Å². The van der Waals surface area contributed by atoms with Crippen LogP contribution in [0.1, 0.15) is 15.9 Å². The van der Waals surface area contributed by atoms with Crippen LogP contribution in [-0.2, 0) is 11.2 Å². The first-order chi connectivity index (χ1) is 15.7. The number of anilines is 2. The van der Waals surface area contributed by atoms with Crippen LogP contribution in [0.2, 0.25) is 0 Å². The van der Waals surface area contributed by atoms with Crippen molar-refractivity contribution < 1.29 is 14.3 Å². The predicted molar refractivity (Wildman–Crippen MR) is 126 cm³/mol. The van der Waals surface area contributed by atoms with Crippen molar-refractivity contribution >= 4 is 17.3 Å². The van der Waals surface area contributed by atoms with E-state index in [0.29, 0.717) is 12.2 Å². The Morgan fingerprint density at radius 2 is 1.69 bits per heavy atom. The number of hydrogen-bond acceptors (Lipinski definition) is 6. The quantitative estimate of drug-likeness (QED) is 0.792. The van der Waals surface area contributed by atoms with Gasteiger partial charge in [-0.2, -0.15) is 0 Å². The fourth-order valence-electron chi connectivity index (χ4n) is 4.74. The van der Waals surface area contributed by atoms with Gasteiger partial charge in [-0.05, 0) is 43.4 Å². The summed E-state index contributed by atoms with van der Waals surface area (Å²) in [6.07, 6.45) is 0.787. The maximum absolute atomic E-state index is 12.9. The highest BCUT2D eigenvalue weighted by atomic mass is 16.5.